The van der Waals surface area contributed by atoms with Gasteiger partial charge in [-0.2, -0.15) is 13.2 Å². The maximum absolute atomic E-state index is 14.4. The summed E-state index contributed by atoms with van der Waals surface area (Å²) in [7, 11) is 0. The molecule has 0 saturated heterocycles. The van der Waals surface area contributed by atoms with Crippen molar-refractivity contribution < 1.29 is 13.2 Å². The molecule has 0 bridgehead atoms. The second-order valence-corrected chi connectivity index (χ2v) is 6.79. The lowest BCUT2D eigenvalue weighted by Gasteiger charge is -2.42. The molecule has 0 radical (unpaired) electrons. The first-order valence-corrected chi connectivity index (χ1v) is 8.14. The predicted molar refractivity (Wildman–Crippen MR) is 91.8 cm³/mol. The molecule has 1 unspecified atom stereocenters. The van der Waals surface area contributed by atoms with E-state index in [0.29, 0.717) is 0 Å². The Morgan fingerprint density at radius 1 is 1.24 bits per heavy atom. The number of hydrogen-bond donors (Lipinski definition) is 3. The lowest BCUT2D eigenvalue weighted by Crippen LogP contribution is -2.54. The SMILES string of the molecule is CC(C)NCC1(C(F)(F)F)c2cc(Cl)ccc2Nc2c1cc[nH]c2=O. The van der Waals surface area contributed by atoms with E-state index in [1.165, 1.54) is 30.5 Å². The van der Waals surface area contributed by atoms with Crippen molar-refractivity contribution in [1.29, 1.82) is 0 Å². The molecule has 0 saturated carbocycles. The fraction of sp³-hybridized carbons (Fsp3) is 0.353. The number of rotatable bonds is 3. The van der Waals surface area contributed by atoms with Crippen molar-refractivity contribution in [3.8, 4) is 0 Å². The number of hydrogen-bond acceptors (Lipinski definition) is 3. The molecule has 0 aliphatic carbocycles. The molecule has 25 heavy (non-hydrogen) atoms. The zero-order chi connectivity index (χ0) is 18.4. The first kappa shape index (κ1) is 17.8. The summed E-state index contributed by atoms with van der Waals surface area (Å²) < 4.78 is 43.3. The minimum atomic E-state index is -4.64. The van der Waals surface area contributed by atoms with Gasteiger partial charge in [0.05, 0.1) is 0 Å². The van der Waals surface area contributed by atoms with Gasteiger partial charge in [-0.05, 0) is 29.8 Å². The maximum atomic E-state index is 14.4. The van der Waals surface area contributed by atoms with Crippen molar-refractivity contribution >= 4 is 23.0 Å². The van der Waals surface area contributed by atoms with E-state index < -0.39 is 23.7 Å². The molecule has 2 aromatic rings. The maximum Gasteiger partial charge on any atom is 0.403 e. The summed E-state index contributed by atoms with van der Waals surface area (Å²) in [5, 5.41) is 5.90. The van der Waals surface area contributed by atoms with Gasteiger partial charge in [-0.1, -0.05) is 25.4 Å². The standard InChI is InChI=1S/C17H17ClF3N3O/c1-9(2)23-8-16(17(19,20)21)11-5-6-22-15(25)14(11)24-13-4-3-10(18)7-12(13)16/h3-7,9,23-24H,8H2,1-2H3,(H,22,25). The van der Waals surface area contributed by atoms with E-state index in [1.54, 1.807) is 13.8 Å². The lowest BCUT2D eigenvalue weighted by molar-refractivity contribution is -0.177. The summed E-state index contributed by atoms with van der Waals surface area (Å²) in [5.74, 6) is 0. The van der Waals surface area contributed by atoms with Crippen LogP contribution in [-0.2, 0) is 5.41 Å². The van der Waals surface area contributed by atoms with E-state index in [9.17, 15) is 18.0 Å². The molecule has 3 rings (SSSR count). The van der Waals surface area contributed by atoms with E-state index in [0.717, 1.165) is 0 Å². The number of aromatic amines is 1. The third-order valence-corrected chi connectivity index (χ3v) is 4.62. The molecular formula is C17H17ClF3N3O. The highest BCUT2D eigenvalue weighted by atomic mass is 35.5. The summed E-state index contributed by atoms with van der Waals surface area (Å²) in [4.78, 5) is 14.6. The Kier molecular flexibility index (Phi) is 4.33. The number of pyridine rings is 1. The zero-order valence-electron chi connectivity index (χ0n) is 13.6. The minimum absolute atomic E-state index is 0.00116. The molecule has 134 valence electrons. The Balaban J connectivity index is 2.37. The molecule has 1 aliphatic heterocycles. The van der Waals surface area contributed by atoms with Crippen molar-refractivity contribution in [1.82, 2.24) is 10.3 Å². The van der Waals surface area contributed by atoms with Gasteiger partial charge < -0.3 is 15.6 Å². The van der Waals surface area contributed by atoms with Crippen molar-refractivity contribution in [2.75, 3.05) is 11.9 Å². The van der Waals surface area contributed by atoms with E-state index in [2.05, 4.69) is 15.6 Å². The van der Waals surface area contributed by atoms with E-state index in [4.69, 9.17) is 11.6 Å². The summed E-state index contributed by atoms with van der Waals surface area (Å²) in [5.41, 5.74) is -2.98. The van der Waals surface area contributed by atoms with Crippen LogP contribution in [0.25, 0.3) is 0 Å². The first-order valence-electron chi connectivity index (χ1n) is 7.76. The van der Waals surface area contributed by atoms with E-state index in [1.807, 2.05) is 0 Å². The zero-order valence-corrected chi connectivity index (χ0v) is 14.3. The van der Waals surface area contributed by atoms with Crippen LogP contribution in [0.3, 0.4) is 0 Å². The molecular weight excluding hydrogens is 355 g/mol. The van der Waals surface area contributed by atoms with Gasteiger partial charge >= 0.3 is 6.18 Å². The van der Waals surface area contributed by atoms with Gasteiger partial charge in [-0.15, -0.1) is 0 Å². The van der Waals surface area contributed by atoms with Gasteiger partial charge in [0.25, 0.3) is 5.56 Å². The van der Waals surface area contributed by atoms with Crippen LogP contribution in [0.15, 0.2) is 35.3 Å². The molecule has 2 heterocycles. The van der Waals surface area contributed by atoms with Crippen LogP contribution >= 0.6 is 11.6 Å². The third kappa shape index (κ3) is 2.81. The van der Waals surface area contributed by atoms with E-state index in [-0.39, 0.29) is 33.6 Å². The molecule has 0 fully saturated rings. The quantitative estimate of drug-likeness (QED) is 0.766. The Morgan fingerprint density at radius 3 is 2.60 bits per heavy atom. The summed E-state index contributed by atoms with van der Waals surface area (Å²) in [6.07, 6.45) is -3.41. The molecule has 0 amide bonds. The average molecular weight is 372 g/mol. The fourth-order valence-electron chi connectivity index (χ4n) is 3.17. The molecule has 8 heteroatoms. The van der Waals surface area contributed by atoms with Crippen LogP contribution < -0.4 is 16.2 Å². The Bertz CT molecular complexity index is 863. The van der Waals surface area contributed by atoms with Crippen LogP contribution in [-0.4, -0.2) is 23.7 Å². The van der Waals surface area contributed by atoms with Gasteiger partial charge in [0.15, 0.2) is 0 Å². The van der Waals surface area contributed by atoms with Gasteiger partial charge in [0.2, 0.25) is 0 Å². The second-order valence-electron chi connectivity index (χ2n) is 6.35. The Labute approximate surface area is 147 Å². The van der Waals surface area contributed by atoms with E-state index >= 15 is 0 Å². The minimum Gasteiger partial charge on any atom is -0.351 e. The van der Waals surface area contributed by atoms with Crippen LogP contribution in [0.1, 0.15) is 25.0 Å². The monoisotopic (exact) mass is 371 g/mol. The van der Waals surface area contributed by atoms with Crippen LogP contribution in [0.2, 0.25) is 5.02 Å². The average Bonchev–Trinajstić information content (AvgIpc) is 2.51. The molecule has 1 aromatic heterocycles. The molecule has 3 N–H and O–H groups in total. The number of anilines is 2. The largest absolute Gasteiger partial charge is 0.403 e. The number of nitrogens with one attached hydrogen (secondary N) is 3. The number of halogens is 4. The smallest absolute Gasteiger partial charge is 0.351 e. The van der Waals surface area contributed by atoms with Gasteiger partial charge in [0, 0.05) is 35.1 Å². The Hall–Kier alpha value is -1.99. The van der Waals surface area contributed by atoms with Gasteiger partial charge in [0.1, 0.15) is 11.1 Å². The number of aromatic nitrogens is 1. The highest BCUT2D eigenvalue weighted by Gasteiger charge is 2.60. The van der Waals surface area contributed by atoms with Crippen molar-refractivity contribution in [2.24, 2.45) is 0 Å². The molecule has 1 aromatic carbocycles. The van der Waals surface area contributed by atoms with Gasteiger partial charge in [-0.25, -0.2) is 0 Å². The highest BCUT2D eigenvalue weighted by Crippen LogP contribution is 2.53. The first-order chi connectivity index (χ1) is 11.7. The topological polar surface area (TPSA) is 56.9 Å². The van der Waals surface area contributed by atoms with Crippen molar-refractivity contribution in [2.45, 2.75) is 31.5 Å². The van der Waals surface area contributed by atoms with Crippen molar-refractivity contribution in [3.63, 3.8) is 0 Å². The summed E-state index contributed by atoms with van der Waals surface area (Å²) in [6, 6.07) is 5.39. The number of fused-ring (bicyclic) bond motifs is 2. The molecule has 1 aliphatic rings. The number of H-pyrrole nitrogens is 1. The highest BCUT2D eigenvalue weighted by molar-refractivity contribution is 6.30. The van der Waals surface area contributed by atoms with Crippen LogP contribution in [0, 0.1) is 0 Å². The predicted octanol–water partition coefficient (Wildman–Crippen LogP) is 3.93. The normalized spacial score (nSPS) is 19.3. The van der Waals surface area contributed by atoms with Crippen molar-refractivity contribution in [3.05, 3.63) is 57.0 Å². The second kappa shape index (κ2) is 6.07. The van der Waals surface area contributed by atoms with Gasteiger partial charge in [-0.3, -0.25) is 4.79 Å². The third-order valence-electron chi connectivity index (χ3n) is 4.38. The number of alkyl halides is 3. The Morgan fingerprint density at radius 2 is 1.96 bits per heavy atom. The number of benzene rings is 1. The van der Waals surface area contributed by atoms with Crippen LogP contribution in [0.4, 0.5) is 24.5 Å². The molecule has 1 atom stereocenters. The summed E-state index contributed by atoms with van der Waals surface area (Å²) in [6.45, 7) is 3.13. The fourth-order valence-corrected chi connectivity index (χ4v) is 3.34. The van der Waals surface area contributed by atoms with Crippen LogP contribution in [0.5, 0.6) is 0 Å². The molecule has 4 nitrogen and oxygen atoms in total. The summed E-state index contributed by atoms with van der Waals surface area (Å²) >= 11 is 5.99. The lowest BCUT2D eigenvalue weighted by atomic mass is 9.70. The molecule has 0 spiro atoms.